The first-order chi connectivity index (χ1) is 3.63. The van der Waals surface area contributed by atoms with Gasteiger partial charge in [-0.3, -0.25) is 10.4 Å². The molecular weight excluding hydrogens is 104 g/mol. The van der Waals surface area contributed by atoms with E-state index in [1.54, 1.807) is 6.92 Å². The highest BCUT2D eigenvalue weighted by atomic mass is 16.3. The quantitative estimate of drug-likeness (QED) is 0.487. The summed E-state index contributed by atoms with van der Waals surface area (Å²) in [6.45, 7) is 2.36. The van der Waals surface area contributed by atoms with Crippen LogP contribution in [-0.2, 0) is 0 Å². The van der Waals surface area contributed by atoms with Crippen LogP contribution >= 0.6 is 0 Å². The first-order valence-electron chi connectivity index (χ1n) is 2.72. The average Bonchev–Trinajstić information content (AvgIpc) is 1.61. The van der Waals surface area contributed by atoms with E-state index >= 15 is 0 Å². The number of aliphatic hydroxyl groups is 1. The first-order valence-corrected chi connectivity index (χ1v) is 2.72. The highest BCUT2D eigenvalue weighted by Gasteiger charge is 1.92. The largest absolute Gasteiger partial charge is 0.392 e. The van der Waals surface area contributed by atoms with Gasteiger partial charge < -0.3 is 5.11 Å². The minimum Gasteiger partial charge on any atom is -0.392 e. The first kappa shape index (κ1) is 7.88. The summed E-state index contributed by atoms with van der Waals surface area (Å²) in [5, 5.41) is 10.5. The van der Waals surface area contributed by atoms with Gasteiger partial charge in [0.1, 0.15) is 0 Å². The van der Waals surface area contributed by atoms with Crippen molar-refractivity contribution in [2.75, 3.05) is 20.6 Å². The highest BCUT2D eigenvalue weighted by Crippen LogP contribution is 1.73. The highest BCUT2D eigenvalue weighted by molar-refractivity contribution is 4.46. The van der Waals surface area contributed by atoms with Crippen LogP contribution in [0.5, 0.6) is 0 Å². The molecule has 0 rings (SSSR count). The Bertz CT molecular complexity index is 46.4. The van der Waals surface area contributed by atoms with Gasteiger partial charge in [0.05, 0.1) is 6.10 Å². The van der Waals surface area contributed by atoms with Gasteiger partial charge in [0.2, 0.25) is 0 Å². The van der Waals surface area contributed by atoms with Gasteiger partial charge >= 0.3 is 0 Å². The lowest BCUT2D eigenvalue weighted by Gasteiger charge is -2.12. The van der Waals surface area contributed by atoms with Gasteiger partial charge in [-0.2, -0.15) is 0 Å². The van der Waals surface area contributed by atoms with Crippen molar-refractivity contribution in [1.29, 1.82) is 0 Å². The van der Waals surface area contributed by atoms with E-state index in [2.05, 4.69) is 5.43 Å². The molecule has 0 aromatic heterocycles. The molecule has 50 valence electrons. The van der Waals surface area contributed by atoms with Crippen LogP contribution in [0.4, 0.5) is 0 Å². The summed E-state index contributed by atoms with van der Waals surface area (Å²) in [6, 6.07) is 0. The summed E-state index contributed by atoms with van der Waals surface area (Å²) >= 11 is 0. The van der Waals surface area contributed by atoms with Crippen molar-refractivity contribution in [2.24, 2.45) is 0 Å². The topological polar surface area (TPSA) is 35.5 Å². The van der Waals surface area contributed by atoms with E-state index in [9.17, 15) is 0 Å². The summed E-state index contributed by atoms with van der Waals surface area (Å²) in [5.41, 5.74) is 2.93. The Hall–Kier alpha value is -0.120. The molecule has 0 fully saturated rings. The minimum atomic E-state index is -0.266. The number of nitrogens with zero attached hydrogens (tertiary/aromatic N) is 1. The Morgan fingerprint density at radius 2 is 2.12 bits per heavy atom. The second kappa shape index (κ2) is 3.83. The van der Waals surface area contributed by atoms with Crippen LogP contribution in [0.15, 0.2) is 0 Å². The lowest BCUT2D eigenvalue weighted by Crippen LogP contribution is -2.35. The Balaban J connectivity index is 2.93. The lowest BCUT2D eigenvalue weighted by atomic mass is 10.4. The Morgan fingerprint density at radius 1 is 1.62 bits per heavy atom. The predicted molar refractivity (Wildman–Crippen MR) is 33.4 cm³/mol. The van der Waals surface area contributed by atoms with Gasteiger partial charge in [-0.25, -0.2) is 0 Å². The summed E-state index contributed by atoms with van der Waals surface area (Å²) < 4.78 is 0. The molecule has 3 heteroatoms. The van der Waals surface area contributed by atoms with Gasteiger partial charge in [0.25, 0.3) is 0 Å². The third kappa shape index (κ3) is 5.88. The molecule has 0 radical (unpaired) electrons. The molecule has 0 saturated heterocycles. The number of hydrogen-bond donors (Lipinski definition) is 2. The second-order valence-corrected chi connectivity index (χ2v) is 2.11. The molecule has 0 heterocycles. The molecule has 0 spiro atoms. The van der Waals surface area contributed by atoms with E-state index in [1.807, 2.05) is 19.1 Å². The van der Waals surface area contributed by atoms with Crippen molar-refractivity contribution in [3.8, 4) is 0 Å². The van der Waals surface area contributed by atoms with Crippen molar-refractivity contribution < 1.29 is 5.11 Å². The van der Waals surface area contributed by atoms with Gasteiger partial charge in [0, 0.05) is 20.6 Å². The number of aliphatic hydroxyl groups excluding tert-OH is 1. The molecule has 0 aliphatic carbocycles. The SMILES string of the molecule is CC(O)CNN(C)C. The van der Waals surface area contributed by atoms with Crippen LogP contribution in [0.3, 0.4) is 0 Å². The number of nitrogens with one attached hydrogen (secondary N) is 1. The third-order valence-electron chi connectivity index (χ3n) is 0.703. The van der Waals surface area contributed by atoms with Crippen molar-refractivity contribution in [3.63, 3.8) is 0 Å². The van der Waals surface area contributed by atoms with Crippen molar-refractivity contribution in [1.82, 2.24) is 10.4 Å². The zero-order chi connectivity index (χ0) is 6.57. The fraction of sp³-hybridized carbons (Fsp3) is 1.00. The molecule has 0 bridgehead atoms. The summed E-state index contributed by atoms with van der Waals surface area (Å²) in [5.74, 6) is 0. The van der Waals surface area contributed by atoms with E-state index in [0.29, 0.717) is 6.54 Å². The van der Waals surface area contributed by atoms with Crippen molar-refractivity contribution in [3.05, 3.63) is 0 Å². The van der Waals surface area contributed by atoms with Gasteiger partial charge in [-0.1, -0.05) is 0 Å². The molecule has 1 atom stereocenters. The number of hydrogen-bond acceptors (Lipinski definition) is 3. The van der Waals surface area contributed by atoms with E-state index in [4.69, 9.17) is 5.11 Å². The van der Waals surface area contributed by atoms with Crippen LogP contribution in [0, 0.1) is 0 Å². The molecule has 0 aromatic carbocycles. The smallest absolute Gasteiger partial charge is 0.0650 e. The average molecular weight is 118 g/mol. The monoisotopic (exact) mass is 118 g/mol. The fourth-order valence-corrected chi connectivity index (χ4v) is 0.315. The standard InChI is InChI=1S/C5H14N2O/c1-5(8)4-6-7(2)3/h5-6,8H,4H2,1-3H3. The van der Waals surface area contributed by atoms with Crippen LogP contribution < -0.4 is 5.43 Å². The van der Waals surface area contributed by atoms with Gasteiger partial charge in [-0.15, -0.1) is 0 Å². The van der Waals surface area contributed by atoms with Gasteiger partial charge in [-0.05, 0) is 6.92 Å². The molecule has 3 nitrogen and oxygen atoms in total. The number of rotatable bonds is 3. The lowest BCUT2D eigenvalue weighted by molar-refractivity contribution is 0.155. The summed E-state index contributed by atoms with van der Waals surface area (Å²) in [4.78, 5) is 0. The molecule has 0 aliphatic rings. The van der Waals surface area contributed by atoms with E-state index in [0.717, 1.165) is 0 Å². The molecule has 0 amide bonds. The molecule has 0 aromatic rings. The zero-order valence-electron chi connectivity index (χ0n) is 5.68. The van der Waals surface area contributed by atoms with Crippen molar-refractivity contribution >= 4 is 0 Å². The Kier molecular flexibility index (Phi) is 3.77. The maximum Gasteiger partial charge on any atom is 0.0650 e. The van der Waals surface area contributed by atoms with Gasteiger partial charge in [0.15, 0.2) is 0 Å². The maximum atomic E-state index is 8.71. The zero-order valence-corrected chi connectivity index (χ0v) is 5.68. The molecular formula is C5H14N2O. The van der Waals surface area contributed by atoms with Crippen LogP contribution in [0.1, 0.15) is 6.92 Å². The molecule has 0 saturated carbocycles. The minimum absolute atomic E-state index is 0.266. The summed E-state index contributed by atoms with van der Waals surface area (Å²) in [7, 11) is 3.78. The molecule has 1 unspecified atom stereocenters. The number of hydrazine groups is 1. The Labute approximate surface area is 50.3 Å². The van der Waals surface area contributed by atoms with Crippen LogP contribution in [0.25, 0.3) is 0 Å². The van der Waals surface area contributed by atoms with E-state index in [-0.39, 0.29) is 6.10 Å². The normalized spacial score (nSPS) is 14.6. The Morgan fingerprint density at radius 3 is 2.25 bits per heavy atom. The molecule has 2 N–H and O–H groups in total. The van der Waals surface area contributed by atoms with Crippen molar-refractivity contribution in [2.45, 2.75) is 13.0 Å². The second-order valence-electron chi connectivity index (χ2n) is 2.11. The van der Waals surface area contributed by atoms with Crippen LogP contribution in [0.2, 0.25) is 0 Å². The fourth-order valence-electron chi connectivity index (χ4n) is 0.315. The van der Waals surface area contributed by atoms with Crippen LogP contribution in [-0.4, -0.2) is 36.9 Å². The third-order valence-corrected chi connectivity index (χ3v) is 0.703. The predicted octanol–water partition coefficient (Wildman–Crippen LogP) is -0.567. The van der Waals surface area contributed by atoms with E-state index < -0.39 is 0 Å². The molecule has 8 heavy (non-hydrogen) atoms. The summed E-state index contributed by atoms with van der Waals surface area (Å²) in [6.07, 6.45) is -0.266. The van der Waals surface area contributed by atoms with E-state index in [1.165, 1.54) is 0 Å². The molecule has 0 aliphatic heterocycles. The maximum absolute atomic E-state index is 8.71.